The zero-order chi connectivity index (χ0) is 16.7. The monoisotopic (exact) mass is 327 g/mol. The Balaban J connectivity index is 1.59. The van der Waals surface area contributed by atoms with E-state index in [1.54, 1.807) is 24.2 Å². The molecule has 1 aliphatic heterocycles. The van der Waals surface area contributed by atoms with E-state index in [0.29, 0.717) is 17.9 Å². The van der Waals surface area contributed by atoms with Gasteiger partial charge in [-0.05, 0) is 37.8 Å². The SMILES string of the molecule is COc1ccccc1-n1cc(C(=O)N2CCCC2C2(O)CC2)cn1. The summed E-state index contributed by atoms with van der Waals surface area (Å²) < 4.78 is 7.01. The number of nitrogens with zero attached hydrogens (tertiary/aromatic N) is 3. The first kappa shape index (κ1) is 15.2. The number of aliphatic hydroxyl groups is 1. The molecule has 0 spiro atoms. The van der Waals surface area contributed by atoms with Crippen molar-refractivity contribution in [2.24, 2.45) is 0 Å². The maximum absolute atomic E-state index is 12.9. The fourth-order valence-electron chi connectivity index (χ4n) is 3.58. The Morgan fingerprint density at radius 1 is 1.38 bits per heavy atom. The Hall–Kier alpha value is -2.34. The normalized spacial score (nSPS) is 21.8. The highest BCUT2D eigenvalue weighted by molar-refractivity contribution is 5.94. The van der Waals surface area contributed by atoms with Gasteiger partial charge in [0.25, 0.3) is 5.91 Å². The van der Waals surface area contributed by atoms with Gasteiger partial charge in [-0.3, -0.25) is 4.79 Å². The second-order valence-corrected chi connectivity index (χ2v) is 6.61. The van der Waals surface area contributed by atoms with Crippen LogP contribution in [-0.2, 0) is 0 Å². The van der Waals surface area contributed by atoms with Gasteiger partial charge in [-0.15, -0.1) is 0 Å². The van der Waals surface area contributed by atoms with Crippen molar-refractivity contribution in [1.29, 1.82) is 0 Å². The number of hydrogen-bond acceptors (Lipinski definition) is 4. The van der Waals surface area contributed by atoms with Gasteiger partial charge < -0.3 is 14.7 Å². The first-order chi connectivity index (χ1) is 11.6. The lowest BCUT2D eigenvalue weighted by atomic mass is 10.1. The average molecular weight is 327 g/mol. The summed E-state index contributed by atoms with van der Waals surface area (Å²) in [5.74, 6) is 0.643. The summed E-state index contributed by atoms with van der Waals surface area (Å²) in [5, 5.41) is 14.7. The molecule has 1 saturated heterocycles. The first-order valence-corrected chi connectivity index (χ1v) is 8.34. The molecule has 1 atom stereocenters. The van der Waals surface area contributed by atoms with Crippen LogP contribution in [0.15, 0.2) is 36.7 Å². The van der Waals surface area contributed by atoms with E-state index in [-0.39, 0.29) is 11.9 Å². The molecule has 2 aromatic rings. The van der Waals surface area contributed by atoms with Crippen LogP contribution in [0.2, 0.25) is 0 Å². The number of carbonyl (C=O) groups excluding carboxylic acids is 1. The molecule has 0 radical (unpaired) electrons. The van der Waals surface area contributed by atoms with E-state index < -0.39 is 5.60 Å². The Bertz CT molecular complexity index is 766. The van der Waals surface area contributed by atoms with E-state index in [9.17, 15) is 9.90 Å². The van der Waals surface area contributed by atoms with Crippen molar-refractivity contribution >= 4 is 5.91 Å². The summed E-state index contributed by atoms with van der Waals surface area (Å²) in [4.78, 5) is 14.7. The summed E-state index contributed by atoms with van der Waals surface area (Å²) in [6.45, 7) is 0.700. The molecule has 1 aliphatic carbocycles. The van der Waals surface area contributed by atoms with Crippen LogP contribution in [0.3, 0.4) is 0 Å². The van der Waals surface area contributed by atoms with E-state index in [2.05, 4.69) is 5.10 Å². The molecule has 126 valence electrons. The summed E-state index contributed by atoms with van der Waals surface area (Å²) in [7, 11) is 1.61. The minimum absolute atomic E-state index is 0.0559. The number of amides is 1. The molecule has 6 heteroatoms. The molecule has 6 nitrogen and oxygen atoms in total. The van der Waals surface area contributed by atoms with Crippen molar-refractivity contribution in [2.75, 3.05) is 13.7 Å². The van der Waals surface area contributed by atoms with E-state index in [0.717, 1.165) is 31.4 Å². The number of aromatic nitrogens is 2. The number of ether oxygens (including phenoxy) is 1. The molecule has 1 aromatic heterocycles. The van der Waals surface area contributed by atoms with Crippen molar-refractivity contribution in [3.63, 3.8) is 0 Å². The predicted octanol–water partition coefficient (Wildman–Crippen LogP) is 2.01. The zero-order valence-electron chi connectivity index (χ0n) is 13.7. The Morgan fingerprint density at radius 2 is 2.17 bits per heavy atom. The maximum atomic E-state index is 12.9. The van der Waals surface area contributed by atoms with Gasteiger partial charge in [0.05, 0.1) is 30.5 Å². The van der Waals surface area contributed by atoms with E-state index in [1.165, 1.54) is 0 Å². The average Bonchev–Trinajstić information content (AvgIpc) is 3.06. The molecule has 1 saturated carbocycles. The van der Waals surface area contributed by atoms with Crippen LogP contribution in [0.5, 0.6) is 5.75 Å². The molecule has 4 rings (SSSR count). The van der Waals surface area contributed by atoms with Crippen LogP contribution in [0.1, 0.15) is 36.0 Å². The van der Waals surface area contributed by atoms with Gasteiger partial charge in [0.1, 0.15) is 11.4 Å². The molecule has 1 unspecified atom stereocenters. The summed E-state index contributed by atoms with van der Waals surface area (Å²) in [6, 6.07) is 7.49. The molecular weight excluding hydrogens is 306 g/mol. The fraction of sp³-hybridized carbons (Fsp3) is 0.444. The Kier molecular flexibility index (Phi) is 3.57. The molecule has 1 amide bonds. The highest BCUT2D eigenvalue weighted by atomic mass is 16.5. The molecule has 2 aliphatic rings. The molecular formula is C18H21N3O3. The molecule has 0 bridgehead atoms. The van der Waals surface area contributed by atoms with Gasteiger partial charge in [0, 0.05) is 12.7 Å². The van der Waals surface area contributed by atoms with Crippen LogP contribution in [-0.4, -0.2) is 51.0 Å². The second kappa shape index (κ2) is 5.63. The van der Waals surface area contributed by atoms with Crippen molar-refractivity contribution in [1.82, 2.24) is 14.7 Å². The third kappa shape index (κ3) is 2.47. The van der Waals surface area contributed by atoms with Gasteiger partial charge in [-0.1, -0.05) is 12.1 Å². The molecule has 1 N–H and O–H groups in total. The Morgan fingerprint density at radius 3 is 2.92 bits per heavy atom. The van der Waals surface area contributed by atoms with Gasteiger partial charge in [0.15, 0.2) is 0 Å². The molecule has 2 heterocycles. The van der Waals surface area contributed by atoms with Crippen LogP contribution in [0.4, 0.5) is 0 Å². The van der Waals surface area contributed by atoms with Gasteiger partial charge >= 0.3 is 0 Å². The minimum Gasteiger partial charge on any atom is -0.494 e. The summed E-state index contributed by atoms with van der Waals surface area (Å²) in [6.07, 6.45) is 6.72. The van der Waals surface area contributed by atoms with Crippen LogP contribution >= 0.6 is 0 Å². The Labute approximate surface area is 140 Å². The zero-order valence-corrected chi connectivity index (χ0v) is 13.7. The number of methoxy groups -OCH3 is 1. The quantitative estimate of drug-likeness (QED) is 0.933. The van der Waals surface area contributed by atoms with Gasteiger partial charge in [-0.2, -0.15) is 5.10 Å². The number of para-hydroxylation sites is 2. The van der Waals surface area contributed by atoms with Crippen LogP contribution in [0.25, 0.3) is 5.69 Å². The fourth-order valence-corrected chi connectivity index (χ4v) is 3.58. The summed E-state index contributed by atoms with van der Waals surface area (Å²) in [5.41, 5.74) is 0.667. The highest BCUT2D eigenvalue weighted by Crippen LogP contribution is 2.44. The number of rotatable bonds is 4. The lowest BCUT2D eigenvalue weighted by Crippen LogP contribution is -2.44. The number of carbonyl (C=O) groups is 1. The largest absolute Gasteiger partial charge is 0.494 e. The third-order valence-corrected chi connectivity index (χ3v) is 5.06. The minimum atomic E-state index is -0.662. The van der Waals surface area contributed by atoms with E-state index in [4.69, 9.17) is 4.74 Å². The molecule has 24 heavy (non-hydrogen) atoms. The predicted molar refractivity (Wildman–Crippen MR) is 88.4 cm³/mol. The van der Waals surface area contributed by atoms with Crippen molar-refractivity contribution < 1.29 is 14.6 Å². The van der Waals surface area contributed by atoms with Crippen molar-refractivity contribution in [2.45, 2.75) is 37.3 Å². The van der Waals surface area contributed by atoms with E-state index in [1.807, 2.05) is 29.2 Å². The number of likely N-dealkylation sites (tertiary alicyclic amines) is 1. The van der Waals surface area contributed by atoms with Gasteiger partial charge in [0.2, 0.25) is 0 Å². The first-order valence-electron chi connectivity index (χ1n) is 8.34. The van der Waals surface area contributed by atoms with E-state index >= 15 is 0 Å². The van der Waals surface area contributed by atoms with Gasteiger partial charge in [-0.25, -0.2) is 4.68 Å². The topological polar surface area (TPSA) is 67.6 Å². The maximum Gasteiger partial charge on any atom is 0.257 e. The second-order valence-electron chi connectivity index (χ2n) is 6.61. The number of benzene rings is 1. The standard InChI is InChI=1S/C18H21N3O3/c1-24-15-6-3-2-5-14(15)21-12-13(11-19-21)17(22)20-10-4-7-16(20)18(23)8-9-18/h2-3,5-6,11-12,16,23H,4,7-10H2,1H3. The summed E-state index contributed by atoms with van der Waals surface area (Å²) >= 11 is 0. The van der Waals surface area contributed by atoms with Crippen molar-refractivity contribution in [3.8, 4) is 11.4 Å². The van der Waals surface area contributed by atoms with Crippen molar-refractivity contribution in [3.05, 3.63) is 42.2 Å². The lowest BCUT2D eigenvalue weighted by Gasteiger charge is -2.28. The lowest BCUT2D eigenvalue weighted by molar-refractivity contribution is 0.0386. The third-order valence-electron chi connectivity index (χ3n) is 5.06. The smallest absolute Gasteiger partial charge is 0.257 e. The highest BCUT2D eigenvalue weighted by Gasteiger charge is 2.52. The number of hydrogen-bond donors (Lipinski definition) is 1. The van der Waals surface area contributed by atoms with Crippen LogP contribution in [0, 0.1) is 0 Å². The molecule has 2 fully saturated rings. The molecule has 1 aromatic carbocycles. The van der Waals surface area contributed by atoms with Crippen LogP contribution < -0.4 is 4.74 Å².